The van der Waals surface area contributed by atoms with Crippen molar-refractivity contribution < 1.29 is 14.4 Å². The van der Waals surface area contributed by atoms with Gasteiger partial charge in [-0.1, -0.05) is 43.7 Å². The molecule has 0 heterocycles. The lowest BCUT2D eigenvalue weighted by Crippen LogP contribution is -2.50. The fourth-order valence-corrected chi connectivity index (χ4v) is 3.02. The molecule has 2 rings (SSSR count). The Balaban J connectivity index is 2.09. The van der Waals surface area contributed by atoms with E-state index in [9.17, 15) is 14.4 Å². The number of aryl methyl sites for hydroxylation is 1. The molecule has 0 saturated heterocycles. The Morgan fingerprint density at radius 3 is 2.21 bits per heavy atom. The molecule has 2 unspecified atom stereocenters. The van der Waals surface area contributed by atoms with Gasteiger partial charge in [-0.25, -0.2) is 0 Å². The van der Waals surface area contributed by atoms with E-state index in [-0.39, 0.29) is 29.7 Å². The van der Waals surface area contributed by atoms with Gasteiger partial charge in [0.25, 0.3) is 5.91 Å². The number of carbonyl (C=O) groups excluding carboxylic acids is 3. The third-order valence-corrected chi connectivity index (χ3v) is 4.58. The highest BCUT2D eigenvalue weighted by molar-refractivity contribution is 5.97. The van der Waals surface area contributed by atoms with E-state index in [2.05, 4.69) is 16.0 Å². The van der Waals surface area contributed by atoms with E-state index in [4.69, 9.17) is 0 Å². The molecule has 2 aromatic rings. The Kier molecular flexibility index (Phi) is 7.53. The van der Waals surface area contributed by atoms with Crippen molar-refractivity contribution in [3.05, 3.63) is 65.2 Å². The van der Waals surface area contributed by atoms with Gasteiger partial charge < -0.3 is 16.0 Å². The molecule has 0 bridgehead atoms. The number of hydrogen-bond donors (Lipinski definition) is 3. The van der Waals surface area contributed by atoms with Crippen molar-refractivity contribution in [2.24, 2.45) is 5.92 Å². The summed E-state index contributed by atoms with van der Waals surface area (Å²) in [6, 6.07) is 13.6. The van der Waals surface area contributed by atoms with Crippen molar-refractivity contribution in [2.75, 3.05) is 5.32 Å². The van der Waals surface area contributed by atoms with E-state index in [0.717, 1.165) is 11.1 Å². The first kappa shape index (κ1) is 22.1. The molecule has 0 aliphatic carbocycles. The van der Waals surface area contributed by atoms with Crippen molar-refractivity contribution in [1.29, 1.82) is 0 Å². The fraction of sp³-hybridized carbons (Fsp3) is 0.348. The molecule has 6 nitrogen and oxygen atoms in total. The molecular weight excluding hydrogens is 366 g/mol. The standard InChI is InChI=1S/C23H29N3O3/c1-14(2)21(26-22(28)19-10-6-8-15(3)12-19)23(29)24-16(4)18-9-7-11-20(13-18)25-17(5)27/h6-14,16,21H,1-5H3,(H,24,29)(H,25,27)(H,26,28). The van der Waals surface area contributed by atoms with Gasteiger partial charge in [0.05, 0.1) is 6.04 Å². The summed E-state index contributed by atoms with van der Waals surface area (Å²) in [7, 11) is 0. The zero-order chi connectivity index (χ0) is 21.6. The average molecular weight is 396 g/mol. The molecule has 0 aliphatic rings. The van der Waals surface area contributed by atoms with Gasteiger partial charge in [0.2, 0.25) is 11.8 Å². The zero-order valence-electron chi connectivity index (χ0n) is 17.6. The molecule has 3 amide bonds. The van der Waals surface area contributed by atoms with Crippen LogP contribution in [0.2, 0.25) is 0 Å². The highest BCUT2D eigenvalue weighted by atomic mass is 16.2. The Hall–Kier alpha value is -3.15. The van der Waals surface area contributed by atoms with E-state index in [1.807, 2.05) is 58.0 Å². The van der Waals surface area contributed by atoms with Crippen molar-refractivity contribution in [3.8, 4) is 0 Å². The minimum atomic E-state index is -0.663. The number of rotatable bonds is 7. The first-order chi connectivity index (χ1) is 13.7. The van der Waals surface area contributed by atoms with Gasteiger partial charge in [-0.05, 0) is 49.6 Å². The number of hydrogen-bond acceptors (Lipinski definition) is 3. The molecule has 29 heavy (non-hydrogen) atoms. The van der Waals surface area contributed by atoms with Gasteiger partial charge in [0, 0.05) is 18.2 Å². The second-order valence-electron chi connectivity index (χ2n) is 7.60. The maximum absolute atomic E-state index is 12.9. The molecule has 0 spiro atoms. The summed E-state index contributed by atoms with van der Waals surface area (Å²) in [5.74, 6) is -0.763. The summed E-state index contributed by atoms with van der Waals surface area (Å²) < 4.78 is 0. The van der Waals surface area contributed by atoms with Crippen LogP contribution in [0.15, 0.2) is 48.5 Å². The van der Waals surface area contributed by atoms with Crippen LogP contribution in [-0.2, 0) is 9.59 Å². The lowest BCUT2D eigenvalue weighted by molar-refractivity contribution is -0.124. The predicted octanol–water partition coefficient (Wildman–Crippen LogP) is 3.59. The number of nitrogens with one attached hydrogen (secondary N) is 3. The van der Waals surface area contributed by atoms with Crippen LogP contribution < -0.4 is 16.0 Å². The maximum atomic E-state index is 12.9. The van der Waals surface area contributed by atoms with Crippen molar-refractivity contribution >= 4 is 23.4 Å². The molecule has 2 aromatic carbocycles. The zero-order valence-corrected chi connectivity index (χ0v) is 17.6. The molecule has 0 saturated carbocycles. The summed E-state index contributed by atoms with van der Waals surface area (Å²) in [5.41, 5.74) is 3.04. The highest BCUT2D eigenvalue weighted by Crippen LogP contribution is 2.18. The third-order valence-electron chi connectivity index (χ3n) is 4.58. The quantitative estimate of drug-likeness (QED) is 0.670. The average Bonchev–Trinajstić information content (AvgIpc) is 2.65. The van der Waals surface area contributed by atoms with E-state index < -0.39 is 6.04 Å². The van der Waals surface area contributed by atoms with Crippen LogP contribution in [0.4, 0.5) is 5.69 Å². The van der Waals surface area contributed by atoms with Crippen LogP contribution in [0, 0.1) is 12.8 Å². The Morgan fingerprint density at radius 2 is 1.59 bits per heavy atom. The highest BCUT2D eigenvalue weighted by Gasteiger charge is 2.26. The maximum Gasteiger partial charge on any atom is 0.251 e. The van der Waals surface area contributed by atoms with Crippen molar-refractivity contribution in [2.45, 2.75) is 46.7 Å². The Labute approximate surface area is 172 Å². The number of anilines is 1. The number of carbonyl (C=O) groups is 3. The fourth-order valence-electron chi connectivity index (χ4n) is 3.02. The smallest absolute Gasteiger partial charge is 0.251 e. The number of amides is 3. The minimum absolute atomic E-state index is 0.0818. The van der Waals surface area contributed by atoms with Gasteiger partial charge in [-0.15, -0.1) is 0 Å². The van der Waals surface area contributed by atoms with Crippen LogP contribution in [0.5, 0.6) is 0 Å². The van der Waals surface area contributed by atoms with E-state index in [0.29, 0.717) is 11.3 Å². The van der Waals surface area contributed by atoms with E-state index in [1.54, 1.807) is 18.2 Å². The molecule has 2 atom stereocenters. The van der Waals surface area contributed by atoms with Gasteiger partial charge in [-0.2, -0.15) is 0 Å². The first-order valence-electron chi connectivity index (χ1n) is 9.73. The van der Waals surface area contributed by atoms with E-state index >= 15 is 0 Å². The van der Waals surface area contributed by atoms with Gasteiger partial charge in [-0.3, -0.25) is 14.4 Å². The van der Waals surface area contributed by atoms with Gasteiger partial charge >= 0.3 is 0 Å². The van der Waals surface area contributed by atoms with Crippen molar-refractivity contribution in [1.82, 2.24) is 10.6 Å². The molecule has 3 N–H and O–H groups in total. The topological polar surface area (TPSA) is 87.3 Å². The number of benzene rings is 2. The third kappa shape index (κ3) is 6.45. The summed E-state index contributed by atoms with van der Waals surface area (Å²) >= 11 is 0. The minimum Gasteiger partial charge on any atom is -0.348 e. The summed E-state index contributed by atoms with van der Waals surface area (Å²) in [4.78, 5) is 36.7. The lowest BCUT2D eigenvalue weighted by Gasteiger charge is -2.24. The summed E-state index contributed by atoms with van der Waals surface area (Å²) in [5, 5.41) is 8.54. The molecule has 154 valence electrons. The Bertz CT molecular complexity index is 892. The van der Waals surface area contributed by atoms with Crippen LogP contribution in [-0.4, -0.2) is 23.8 Å². The summed E-state index contributed by atoms with van der Waals surface area (Å²) in [6.45, 7) is 9.01. The normalized spacial score (nSPS) is 12.8. The Morgan fingerprint density at radius 1 is 0.897 bits per heavy atom. The predicted molar refractivity (Wildman–Crippen MR) is 115 cm³/mol. The molecular formula is C23H29N3O3. The monoisotopic (exact) mass is 395 g/mol. The SMILES string of the molecule is CC(=O)Nc1cccc(C(C)NC(=O)C(NC(=O)c2cccc(C)c2)C(C)C)c1. The molecule has 0 aromatic heterocycles. The van der Waals surface area contributed by atoms with Crippen LogP contribution in [0.1, 0.15) is 55.2 Å². The molecule has 0 fully saturated rings. The molecule has 6 heteroatoms. The second kappa shape index (κ2) is 9.87. The van der Waals surface area contributed by atoms with Crippen LogP contribution >= 0.6 is 0 Å². The lowest BCUT2D eigenvalue weighted by atomic mass is 10.0. The molecule has 0 radical (unpaired) electrons. The largest absolute Gasteiger partial charge is 0.348 e. The van der Waals surface area contributed by atoms with E-state index in [1.165, 1.54) is 6.92 Å². The van der Waals surface area contributed by atoms with Crippen LogP contribution in [0.3, 0.4) is 0 Å². The van der Waals surface area contributed by atoms with Gasteiger partial charge in [0.1, 0.15) is 6.04 Å². The van der Waals surface area contributed by atoms with Crippen LogP contribution in [0.25, 0.3) is 0 Å². The van der Waals surface area contributed by atoms with Crippen molar-refractivity contribution in [3.63, 3.8) is 0 Å². The second-order valence-corrected chi connectivity index (χ2v) is 7.60. The molecule has 0 aliphatic heterocycles. The van der Waals surface area contributed by atoms with Gasteiger partial charge in [0.15, 0.2) is 0 Å². The summed E-state index contributed by atoms with van der Waals surface area (Å²) in [6.07, 6.45) is 0. The first-order valence-corrected chi connectivity index (χ1v) is 9.73.